The van der Waals surface area contributed by atoms with Crippen molar-refractivity contribution in [2.75, 3.05) is 0 Å². The Morgan fingerprint density at radius 1 is 1.08 bits per heavy atom. The van der Waals surface area contributed by atoms with E-state index in [2.05, 4.69) is 5.10 Å². The van der Waals surface area contributed by atoms with Gasteiger partial charge in [0.25, 0.3) is 5.56 Å². The number of para-hydroxylation sites is 1. The van der Waals surface area contributed by atoms with E-state index in [0.29, 0.717) is 27.9 Å². The van der Waals surface area contributed by atoms with Gasteiger partial charge in [0.05, 0.1) is 22.0 Å². The van der Waals surface area contributed by atoms with Gasteiger partial charge >= 0.3 is 5.69 Å². The Bertz CT molecular complexity index is 1540. The minimum absolute atomic E-state index is 0.0189. The Hall–Kier alpha value is -4.40. The third kappa shape index (κ3) is 5.40. The normalized spacial score (nSPS) is 14.3. The third-order valence-electron chi connectivity index (χ3n) is 6.53. The lowest BCUT2D eigenvalue weighted by Crippen LogP contribution is -2.25. The highest BCUT2D eigenvalue weighted by Gasteiger charge is 2.22. The molecule has 0 spiro atoms. The molecule has 8 nitrogen and oxygen atoms in total. The van der Waals surface area contributed by atoms with E-state index in [-0.39, 0.29) is 29.5 Å². The zero-order valence-electron chi connectivity index (χ0n) is 20.0. The van der Waals surface area contributed by atoms with Gasteiger partial charge in [0.1, 0.15) is 18.2 Å². The Labute approximate surface area is 212 Å². The van der Waals surface area contributed by atoms with E-state index in [1.807, 2.05) is 12.1 Å². The highest BCUT2D eigenvalue weighted by atomic mass is 19.1. The Morgan fingerprint density at radius 2 is 1.89 bits per heavy atom. The second-order valence-electron chi connectivity index (χ2n) is 9.09. The Balaban J connectivity index is 1.47. The van der Waals surface area contributed by atoms with Crippen LogP contribution in [0.1, 0.15) is 55.0 Å². The highest BCUT2D eigenvalue weighted by molar-refractivity contribution is 5.82. The minimum atomic E-state index is -0.546. The molecule has 188 valence electrons. The van der Waals surface area contributed by atoms with Crippen molar-refractivity contribution in [3.8, 4) is 5.75 Å². The molecule has 0 saturated heterocycles. The van der Waals surface area contributed by atoms with E-state index in [1.54, 1.807) is 30.3 Å². The molecule has 0 unspecified atom stereocenters. The number of fused-ring (bicyclic) bond motifs is 1. The summed E-state index contributed by atoms with van der Waals surface area (Å²) in [5.41, 5.74) is 1.09. The summed E-state index contributed by atoms with van der Waals surface area (Å²) in [6.07, 6.45) is 6.59. The van der Waals surface area contributed by atoms with E-state index >= 15 is 0 Å². The molecule has 1 saturated carbocycles. The summed E-state index contributed by atoms with van der Waals surface area (Å²) < 4.78 is 20.4. The first-order valence-electron chi connectivity index (χ1n) is 12.2. The Kier molecular flexibility index (Phi) is 7.02. The zero-order valence-corrected chi connectivity index (χ0v) is 20.0. The van der Waals surface area contributed by atoms with E-state index < -0.39 is 10.7 Å². The van der Waals surface area contributed by atoms with Crippen LogP contribution in [0.15, 0.2) is 76.6 Å². The van der Waals surface area contributed by atoms with Crippen molar-refractivity contribution in [1.82, 2.24) is 9.66 Å². The molecule has 9 heteroatoms. The van der Waals surface area contributed by atoms with Crippen molar-refractivity contribution >= 4 is 22.8 Å². The van der Waals surface area contributed by atoms with Gasteiger partial charge in [-0.15, -0.1) is 0 Å². The monoisotopic (exact) mass is 500 g/mol. The number of rotatable bonds is 7. The fourth-order valence-electron chi connectivity index (χ4n) is 4.67. The number of hydrogen-bond acceptors (Lipinski definition) is 6. The van der Waals surface area contributed by atoms with Crippen LogP contribution >= 0.6 is 0 Å². The van der Waals surface area contributed by atoms with Crippen LogP contribution in [0.25, 0.3) is 10.9 Å². The first-order valence-corrected chi connectivity index (χ1v) is 12.2. The van der Waals surface area contributed by atoms with E-state index in [4.69, 9.17) is 9.72 Å². The largest absolute Gasteiger partial charge is 0.482 e. The summed E-state index contributed by atoms with van der Waals surface area (Å²) in [5.74, 6) is 0.382. The molecular formula is C28H25FN4O4. The number of nitro groups is 1. The van der Waals surface area contributed by atoms with Gasteiger partial charge in [0, 0.05) is 17.5 Å². The lowest BCUT2D eigenvalue weighted by molar-refractivity contribution is -0.385. The zero-order chi connectivity index (χ0) is 25.8. The molecule has 3 aromatic carbocycles. The standard InChI is InChI=1S/C28H25FN4O4/c29-22-10-6-7-20(15-22)18-37-26-14-13-19(16-25(26)33(35)36)17-30-32-27(21-8-2-1-3-9-21)31-24-12-5-4-11-23(24)28(32)34/h4-7,10-17,21H,1-3,8-9,18H2. The summed E-state index contributed by atoms with van der Waals surface area (Å²) in [6, 6.07) is 17.5. The molecule has 0 bridgehead atoms. The molecule has 1 aliphatic carbocycles. The van der Waals surface area contributed by atoms with Gasteiger partial charge < -0.3 is 4.74 Å². The van der Waals surface area contributed by atoms with Crippen molar-refractivity contribution in [2.45, 2.75) is 44.6 Å². The lowest BCUT2D eigenvalue weighted by atomic mass is 9.88. The molecule has 1 fully saturated rings. The second-order valence-corrected chi connectivity index (χ2v) is 9.09. The number of benzene rings is 3. The SMILES string of the molecule is O=c1c2ccccc2nc(C2CCCCC2)n1N=Cc1ccc(OCc2cccc(F)c2)c([N+](=O)[O-])c1. The number of ether oxygens (including phenoxy) is 1. The summed E-state index contributed by atoms with van der Waals surface area (Å²) in [6.45, 7) is -0.0189. The molecule has 5 rings (SSSR count). The van der Waals surface area contributed by atoms with Crippen LogP contribution in [0.3, 0.4) is 0 Å². The topological polar surface area (TPSA) is 99.6 Å². The minimum Gasteiger partial charge on any atom is -0.482 e. The molecule has 0 aliphatic heterocycles. The molecule has 0 radical (unpaired) electrons. The van der Waals surface area contributed by atoms with Crippen molar-refractivity contribution in [2.24, 2.45) is 5.10 Å². The first kappa shape index (κ1) is 24.3. The van der Waals surface area contributed by atoms with Gasteiger partial charge in [-0.25, -0.2) is 9.37 Å². The molecule has 1 heterocycles. The molecule has 1 aliphatic rings. The smallest absolute Gasteiger partial charge is 0.311 e. The molecule has 1 aromatic heterocycles. The molecule has 0 atom stereocenters. The first-order chi connectivity index (χ1) is 18.0. The number of halogens is 1. The average Bonchev–Trinajstić information content (AvgIpc) is 2.92. The van der Waals surface area contributed by atoms with Crippen LogP contribution in [0, 0.1) is 15.9 Å². The maximum Gasteiger partial charge on any atom is 0.311 e. The third-order valence-corrected chi connectivity index (χ3v) is 6.53. The van der Waals surface area contributed by atoms with Crippen LogP contribution in [0.5, 0.6) is 5.75 Å². The van der Waals surface area contributed by atoms with Gasteiger partial charge in [-0.1, -0.05) is 43.5 Å². The van der Waals surface area contributed by atoms with Crippen LogP contribution in [0.2, 0.25) is 0 Å². The number of hydrogen-bond donors (Lipinski definition) is 0. The van der Waals surface area contributed by atoms with Crippen LogP contribution < -0.4 is 10.3 Å². The van der Waals surface area contributed by atoms with Crippen LogP contribution in [-0.4, -0.2) is 20.8 Å². The summed E-state index contributed by atoms with van der Waals surface area (Å²) in [5, 5.41) is 16.6. The van der Waals surface area contributed by atoms with Gasteiger partial charge in [0.15, 0.2) is 5.75 Å². The molecule has 0 N–H and O–H groups in total. The molecule has 0 amide bonds. The maximum absolute atomic E-state index is 13.4. The van der Waals surface area contributed by atoms with E-state index in [1.165, 1.54) is 35.2 Å². The maximum atomic E-state index is 13.4. The fraction of sp³-hybridized carbons (Fsp3) is 0.250. The van der Waals surface area contributed by atoms with Gasteiger partial charge in [-0.2, -0.15) is 9.78 Å². The number of nitrogens with zero attached hydrogens (tertiary/aromatic N) is 4. The number of aromatic nitrogens is 2. The quantitative estimate of drug-likeness (QED) is 0.177. The summed E-state index contributed by atoms with van der Waals surface area (Å²) in [4.78, 5) is 29.3. The summed E-state index contributed by atoms with van der Waals surface area (Å²) >= 11 is 0. The second kappa shape index (κ2) is 10.7. The van der Waals surface area contributed by atoms with Crippen molar-refractivity contribution in [3.63, 3.8) is 0 Å². The van der Waals surface area contributed by atoms with Gasteiger partial charge in [0.2, 0.25) is 0 Å². The van der Waals surface area contributed by atoms with Crippen molar-refractivity contribution in [1.29, 1.82) is 0 Å². The number of nitro benzene ring substituents is 1. The predicted molar refractivity (Wildman–Crippen MR) is 139 cm³/mol. The van der Waals surface area contributed by atoms with E-state index in [9.17, 15) is 19.3 Å². The Morgan fingerprint density at radius 3 is 2.68 bits per heavy atom. The average molecular weight is 501 g/mol. The molecular weight excluding hydrogens is 475 g/mol. The van der Waals surface area contributed by atoms with Crippen LogP contribution in [0.4, 0.5) is 10.1 Å². The molecule has 37 heavy (non-hydrogen) atoms. The summed E-state index contributed by atoms with van der Waals surface area (Å²) in [7, 11) is 0. The van der Waals surface area contributed by atoms with Gasteiger partial charge in [-0.3, -0.25) is 14.9 Å². The predicted octanol–water partition coefficient (Wildman–Crippen LogP) is 5.95. The molecule has 4 aromatic rings. The van der Waals surface area contributed by atoms with Crippen LogP contribution in [-0.2, 0) is 6.61 Å². The lowest BCUT2D eigenvalue weighted by Gasteiger charge is -2.22. The van der Waals surface area contributed by atoms with E-state index in [0.717, 1.165) is 32.1 Å². The highest BCUT2D eigenvalue weighted by Crippen LogP contribution is 2.32. The fourth-order valence-corrected chi connectivity index (χ4v) is 4.67. The van der Waals surface area contributed by atoms with Gasteiger partial charge in [-0.05, 0) is 54.8 Å². The van der Waals surface area contributed by atoms with Crippen molar-refractivity contribution < 1.29 is 14.1 Å². The van der Waals surface area contributed by atoms with Crippen molar-refractivity contribution in [3.05, 3.63) is 110 Å².